The second-order valence-corrected chi connectivity index (χ2v) is 10.7. The Morgan fingerprint density at radius 3 is 2.42 bits per heavy atom. The summed E-state index contributed by atoms with van der Waals surface area (Å²) in [7, 11) is 3.09. The molecule has 3 aromatic rings. The molecule has 40 heavy (non-hydrogen) atoms. The predicted molar refractivity (Wildman–Crippen MR) is 147 cm³/mol. The Balaban J connectivity index is 1.37. The van der Waals surface area contributed by atoms with Crippen LogP contribution in [0.15, 0.2) is 66.7 Å². The predicted octanol–water partition coefficient (Wildman–Crippen LogP) is 3.05. The van der Waals surface area contributed by atoms with Crippen LogP contribution in [0.3, 0.4) is 0 Å². The highest BCUT2D eigenvalue weighted by molar-refractivity contribution is 6.30. The Hall–Kier alpha value is -3.92. The van der Waals surface area contributed by atoms with E-state index in [-0.39, 0.29) is 6.54 Å². The number of carbonyl (C=O) groups excluding carboxylic acids is 3. The number of amides is 3. The number of likely N-dealkylation sites (tertiary alicyclic amines) is 1. The molecule has 0 aliphatic carbocycles. The smallest absolute Gasteiger partial charge is 0.250 e. The van der Waals surface area contributed by atoms with E-state index >= 15 is 0 Å². The summed E-state index contributed by atoms with van der Waals surface area (Å²) < 4.78 is 10.7. The lowest BCUT2D eigenvalue weighted by atomic mass is 9.76. The van der Waals surface area contributed by atoms with E-state index in [1.54, 1.807) is 68.8 Å². The molecule has 206 valence electrons. The molecule has 3 aliphatic heterocycles. The number of halogens is 1. The second kappa shape index (κ2) is 9.92. The molecule has 3 N–H and O–H groups in total. The fourth-order valence-electron chi connectivity index (χ4n) is 6.38. The summed E-state index contributed by atoms with van der Waals surface area (Å²) in [4.78, 5) is 42.9. The summed E-state index contributed by atoms with van der Waals surface area (Å²) in [5.41, 5.74) is 1.04. The Morgan fingerprint density at radius 1 is 0.975 bits per heavy atom. The van der Waals surface area contributed by atoms with Crippen molar-refractivity contribution in [3.8, 4) is 11.5 Å². The van der Waals surface area contributed by atoms with E-state index in [0.717, 1.165) is 5.56 Å². The topological polar surface area (TPSA) is 117 Å². The SMILES string of the molecule is COc1ccc(CCN2C(=O)[C@H]3[C@@H]([C@H](O)c4ccc(Cl)cc4)N[C@@]4(C(=O)Nc5ccccc54)[C@H]3C2=O)cc1OC. The van der Waals surface area contributed by atoms with E-state index in [4.69, 9.17) is 21.1 Å². The van der Waals surface area contributed by atoms with Crippen LogP contribution in [0.1, 0.15) is 22.8 Å². The van der Waals surface area contributed by atoms with Gasteiger partial charge in [0.25, 0.3) is 0 Å². The van der Waals surface area contributed by atoms with E-state index in [1.807, 2.05) is 12.1 Å². The van der Waals surface area contributed by atoms with Crippen molar-refractivity contribution in [3.63, 3.8) is 0 Å². The average molecular weight is 562 g/mol. The molecule has 1 spiro atoms. The minimum Gasteiger partial charge on any atom is -0.493 e. The maximum atomic E-state index is 14.0. The Labute approximate surface area is 236 Å². The van der Waals surface area contributed by atoms with Crippen molar-refractivity contribution < 1.29 is 29.0 Å². The molecule has 0 unspecified atom stereocenters. The number of ether oxygens (including phenoxy) is 2. The van der Waals surface area contributed by atoms with Crippen LogP contribution in [0.25, 0.3) is 0 Å². The van der Waals surface area contributed by atoms with E-state index in [9.17, 15) is 19.5 Å². The number of hydrogen-bond donors (Lipinski definition) is 3. The van der Waals surface area contributed by atoms with Gasteiger partial charge in [0.15, 0.2) is 11.5 Å². The van der Waals surface area contributed by atoms with E-state index in [0.29, 0.717) is 39.8 Å². The lowest BCUT2D eigenvalue weighted by molar-refractivity contribution is -0.143. The summed E-state index contributed by atoms with van der Waals surface area (Å²) >= 11 is 6.05. The number of nitrogens with zero attached hydrogens (tertiary/aromatic N) is 1. The number of methoxy groups -OCH3 is 2. The van der Waals surface area contributed by atoms with Gasteiger partial charge in [0.05, 0.1) is 38.2 Å². The zero-order valence-corrected chi connectivity index (χ0v) is 22.6. The van der Waals surface area contributed by atoms with Crippen molar-refractivity contribution in [2.24, 2.45) is 11.8 Å². The fourth-order valence-corrected chi connectivity index (χ4v) is 6.51. The summed E-state index contributed by atoms with van der Waals surface area (Å²) in [6.07, 6.45) is -0.794. The van der Waals surface area contributed by atoms with Gasteiger partial charge in [-0.3, -0.25) is 24.6 Å². The Kier molecular flexibility index (Phi) is 6.53. The molecule has 5 atom stereocenters. The summed E-state index contributed by atoms with van der Waals surface area (Å²) in [6, 6.07) is 18.3. The first-order chi connectivity index (χ1) is 19.3. The largest absolute Gasteiger partial charge is 0.493 e. The van der Waals surface area contributed by atoms with Crippen molar-refractivity contribution in [2.75, 3.05) is 26.1 Å². The van der Waals surface area contributed by atoms with Crippen molar-refractivity contribution in [2.45, 2.75) is 24.1 Å². The van der Waals surface area contributed by atoms with Crippen molar-refractivity contribution in [3.05, 3.63) is 88.4 Å². The number of aliphatic hydroxyl groups excluding tert-OH is 1. The zero-order chi connectivity index (χ0) is 28.2. The van der Waals surface area contributed by atoms with Gasteiger partial charge in [0, 0.05) is 22.8 Å². The monoisotopic (exact) mass is 561 g/mol. The first kappa shape index (κ1) is 26.3. The van der Waals surface area contributed by atoms with Gasteiger partial charge in [-0.2, -0.15) is 0 Å². The molecule has 2 fully saturated rings. The lowest BCUT2D eigenvalue weighted by Crippen LogP contribution is -2.54. The first-order valence-electron chi connectivity index (χ1n) is 13.0. The molecule has 0 radical (unpaired) electrons. The van der Waals surface area contributed by atoms with Crippen molar-refractivity contribution in [1.82, 2.24) is 10.2 Å². The summed E-state index contributed by atoms with van der Waals surface area (Å²) in [6.45, 7) is 0.114. The minimum atomic E-state index is -1.50. The Bertz CT molecular complexity index is 1510. The second-order valence-electron chi connectivity index (χ2n) is 10.2. The number of imide groups is 1. The van der Waals surface area contributed by atoms with Gasteiger partial charge in [-0.15, -0.1) is 0 Å². The molecular weight excluding hydrogens is 534 g/mol. The number of aliphatic hydroxyl groups is 1. The van der Waals surface area contributed by atoms with Crippen LogP contribution in [-0.4, -0.2) is 54.5 Å². The highest BCUT2D eigenvalue weighted by Crippen LogP contribution is 2.54. The molecular formula is C30H28ClN3O6. The minimum absolute atomic E-state index is 0.114. The number of fused-ring (bicyclic) bond motifs is 4. The van der Waals surface area contributed by atoms with Gasteiger partial charge in [0.2, 0.25) is 17.7 Å². The van der Waals surface area contributed by atoms with E-state index in [2.05, 4.69) is 10.6 Å². The normalized spacial score (nSPS) is 25.6. The fraction of sp³-hybridized carbons (Fsp3) is 0.300. The molecule has 10 heteroatoms. The number of nitrogens with one attached hydrogen (secondary N) is 2. The molecule has 6 rings (SSSR count). The molecule has 2 saturated heterocycles. The van der Waals surface area contributed by atoms with Gasteiger partial charge in [-0.25, -0.2) is 0 Å². The molecule has 9 nitrogen and oxygen atoms in total. The van der Waals surface area contributed by atoms with Crippen LogP contribution in [0.5, 0.6) is 11.5 Å². The van der Waals surface area contributed by atoms with Gasteiger partial charge in [-0.1, -0.05) is 48.0 Å². The third kappa shape index (κ3) is 3.88. The van der Waals surface area contributed by atoms with Crippen LogP contribution >= 0.6 is 11.6 Å². The quantitative estimate of drug-likeness (QED) is 0.380. The average Bonchev–Trinajstić information content (AvgIpc) is 3.56. The molecule has 0 saturated carbocycles. The van der Waals surface area contributed by atoms with Crippen molar-refractivity contribution >= 4 is 35.0 Å². The van der Waals surface area contributed by atoms with Crippen LogP contribution < -0.4 is 20.1 Å². The zero-order valence-electron chi connectivity index (χ0n) is 21.9. The molecule has 3 aromatic carbocycles. The standard InChI is InChI=1S/C30H28ClN3O6/c1-39-21-12-7-16(15-22(21)40-2)13-14-34-27(36)23-24(28(34)37)30(19-5-3-4-6-20(19)32-29(30)38)33-25(23)26(35)17-8-10-18(31)11-9-17/h3-12,15,23-26,33,35H,13-14H2,1-2H3,(H,32,38)/t23-,24-,25+,26-,30-/m1/s1. The van der Waals surface area contributed by atoms with Gasteiger partial charge in [-0.05, 0) is 47.9 Å². The summed E-state index contributed by atoms with van der Waals surface area (Å²) in [5, 5.41) is 18.1. The van der Waals surface area contributed by atoms with Crippen molar-refractivity contribution in [1.29, 1.82) is 0 Å². The third-order valence-electron chi connectivity index (χ3n) is 8.27. The highest BCUT2D eigenvalue weighted by Gasteiger charge is 2.71. The lowest BCUT2D eigenvalue weighted by Gasteiger charge is -2.30. The number of rotatable bonds is 7. The maximum absolute atomic E-state index is 14.0. The number of anilines is 1. The van der Waals surface area contributed by atoms with Crippen LogP contribution in [0, 0.1) is 11.8 Å². The Morgan fingerprint density at radius 2 is 1.70 bits per heavy atom. The molecule has 3 heterocycles. The third-order valence-corrected chi connectivity index (χ3v) is 8.52. The van der Waals surface area contributed by atoms with Crippen LogP contribution in [-0.2, 0) is 26.3 Å². The number of para-hydroxylation sites is 1. The van der Waals surface area contributed by atoms with Crippen LogP contribution in [0.2, 0.25) is 5.02 Å². The maximum Gasteiger partial charge on any atom is 0.250 e. The number of carbonyl (C=O) groups is 3. The number of hydrogen-bond acceptors (Lipinski definition) is 7. The first-order valence-corrected chi connectivity index (χ1v) is 13.4. The van der Waals surface area contributed by atoms with Gasteiger partial charge < -0.3 is 19.9 Å². The highest BCUT2D eigenvalue weighted by atomic mass is 35.5. The molecule has 3 aliphatic rings. The molecule has 0 bridgehead atoms. The van der Waals surface area contributed by atoms with E-state index < -0.39 is 47.2 Å². The molecule has 3 amide bonds. The molecule has 0 aromatic heterocycles. The van der Waals surface area contributed by atoms with Gasteiger partial charge >= 0.3 is 0 Å². The van der Waals surface area contributed by atoms with E-state index in [1.165, 1.54) is 4.90 Å². The number of benzene rings is 3. The summed E-state index contributed by atoms with van der Waals surface area (Å²) in [5.74, 6) is -2.15. The van der Waals surface area contributed by atoms with Gasteiger partial charge in [0.1, 0.15) is 5.54 Å². The van der Waals surface area contributed by atoms with Crippen LogP contribution in [0.4, 0.5) is 5.69 Å².